The molecule has 1 saturated heterocycles. The Kier molecular flexibility index (Phi) is 5.46. The maximum absolute atomic E-state index is 10.9. The van der Waals surface area contributed by atoms with Crippen LogP contribution in [-0.2, 0) is 0 Å². The zero-order valence-corrected chi connectivity index (χ0v) is 16.1. The van der Waals surface area contributed by atoms with Crippen molar-refractivity contribution in [1.29, 1.82) is 0 Å². The third-order valence-electron chi connectivity index (χ3n) is 5.33. The lowest BCUT2D eigenvalue weighted by atomic mass is 9.86. The van der Waals surface area contributed by atoms with E-state index < -0.39 is 6.10 Å². The number of piperidine rings is 1. The maximum atomic E-state index is 10.9. The number of hydrogen-bond acceptors (Lipinski definition) is 5. The van der Waals surface area contributed by atoms with Crippen LogP contribution in [0.5, 0.6) is 5.75 Å². The van der Waals surface area contributed by atoms with Gasteiger partial charge in [-0.2, -0.15) is 0 Å². The Bertz CT molecular complexity index is 944. The molecule has 0 radical (unpaired) electrons. The Labute approximate surface area is 169 Å². The van der Waals surface area contributed by atoms with Crippen molar-refractivity contribution in [3.8, 4) is 16.9 Å². The van der Waals surface area contributed by atoms with Crippen LogP contribution >= 0.6 is 11.6 Å². The Morgan fingerprint density at radius 2 is 1.68 bits per heavy atom. The van der Waals surface area contributed by atoms with Gasteiger partial charge in [-0.05, 0) is 54.2 Å². The molecule has 3 aromatic rings. The lowest BCUT2D eigenvalue weighted by Crippen LogP contribution is -2.36. The van der Waals surface area contributed by atoms with Crippen molar-refractivity contribution < 1.29 is 10.2 Å². The molecule has 0 bridgehead atoms. The standard InChI is InChI=1S/C22H22ClN3O2/c23-18-4-1-3-16(13-18)17-5-6-19(20(27)14-17)21(28)15-7-11-26(12-8-15)22-24-9-2-10-25-22/h1-6,9-10,13-15,21,27-28H,7-8,11-12H2. The first-order chi connectivity index (χ1) is 13.6. The highest BCUT2D eigenvalue weighted by Crippen LogP contribution is 2.37. The first kappa shape index (κ1) is 18.7. The molecule has 0 amide bonds. The summed E-state index contributed by atoms with van der Waals surface area (Å²) < 4.78 is 0. The molecule has 0 aliphatic carbocycles. The summed E-state index contributed by atoms with van der Waals surface area (Å²) in [5, 5.41) is 22.0. The van der Waals surface area contributed by atoms with Crippen molar-refractivity contribution in [2.75, 3.05) is 18.0 Å². The van der Waals surface area contributed by atoms with Gasteiger partial charge in [0.15, 0.2) is 0 Å². The van der Waals surface area contributed by atoms with Crippen LogP contribution in [0.1, 0.15) is 24.5 Å². The lowest BCUT2D eigenvalue weighted by Gasteiger charge is -2.34. The number of aromatic hydroxyl groups is 1. The average Bonchev–Trinajstić information content (AvgIpc) is 2.74. The maximum Gasteiger partial charge on any atom is 0.225 e. The summed E-state index contributed by atoms with van der Waals surface area (Å²) in [6, 6.07) is 14.7. The summed E-state index contributed by atoms with van der Waals surface area (Å²) in [6.45, 7) is 1.57. The van der Waals surface area contributed by atoms with E-state index in [0.717, 1.165) is 43.0 Å². The van der Waals surface area contributed by atoms with Crippen molar-refractivity contribution in [3.63, 3.8) is 0 Å². The van der Waals surface area contributed by atoms with Gasteiger partial charge in [0, 0.05) is 36.1 Å². The van der Waals surface area contributed by atoms with Gasteiger partial charge in [-0.3, -0.25) is 0 Å². The van der Waals surface area contributed by atoms with Crippen molar-refractivity contribution in [1.82, 2.24) is 9.97 Å². The number of anilines is 1. The van der Waals surface area contributed by atoms with Gasteiger partial charge in [0.05, 0.1) is 6.10 Å². The van der Waals surface area contributed by atoms with Crippen molar-refractivity contribution in [2.45, 2.75) is 18.9 Å². The molecule has 0 spiro atoms. The first-order valence-corrected chi connectivity index (χ1v) is 9.78. The topological polar surface area (TPSA) is 69.5 Å². The Morgan fingerprint density at radius 1 is 0.964 bits per heavy atom. The molecule has 144 valence electrons. The van der Waals surface area contributed by atoms with Crippen LogP contribution < -0.4 is 4.90 Å². The zero-order chi connectivity index (χ0) is 19.5. The molecular formula is C22H22ClN3O2. The number of benzene rings is 2. The molecule has 2 N–H and O–H groups in total. The van der Waals surface area contributed by atoms with E-state index in [0.29, 0.717) is 10.6 Å². The number of halogens is 1. The number of hydrogen-bond donors (Lipinski definition) is 2. The van der Waals surface area contributed by atoms with Crippen LogP contribution in [-0.4, -0.2) is 33.3 Å². The molecule has 1 aliphatic heterocycles. The highest BCUT2D eigenvalue weighted by molar-refractivity contribution is 6.30. The summed E-state index contributed by atoms with van der Waals surface area (Å²) in [7, 11) is 0. The molecule has 28 heavy (non-hydrogen) atoms. The molecule has 1 unspecified atom stereocenters. The molecule has 6 heteroatoms. The Morgan fingerprint density at radius 3 is 2.36 bits per heavy atom. The third kappa shape index (κ3) is 3.96. The van der Waals surface area contributed by atoms with Crippen LogP contribution in [0.3, 0.4) is 0 Å². The minimum Gasteiger partial charge on any atom is -0.508 e. The summed E-state index contributed by atoms with van der Waals surface area (Å²) in [5.41, 5.74) is 2.37. The van der Waals surface area contributed by atoms with E-state index in [4.69, 9.17) is 11.6 Å². The van der Waals surface area contributed by atoms with Crippen molar-refractivity contribution in [3.05, 3.63) is 71.5 Å². The minimum atomic E-state index is -0.702. The number of nitrogens with zero attached hydrogens (tertiary/aromatic N) is 3. The predicted octanol–water partition coefficient (Wildman–Crippen LogP) is 4.45. The molecule has 1 fully saturated rings. The van der Waals surface area contributed by atoms with Crippen LogP contribution in [0.2, 0.25) is 5.02 Å². The van der Waals surface area contributed by atoms with Gasteiger partial charge in [-0.25, -0.2) is 9.97 Å². The molecule has 5 nitrogen and oxygen atoms in total. The summed E-state index contributed by atoms with van der Waals surface area (Å²) in [6.07, 6.45) is 4.40. The zero-order valence-electron chi connectivity index (χ0n) is 15.4. The Balaban J connectivity index is 1.46. The van der Waals surface area contributed by atoms with E-state index in [9.17, 15) is 10.2 Å². The third-order valence-corrected chi connectivity index (χ3v) is 5.56. The average molecular weight is 396 g/mol. The smallest absolute Gasteiger partial charge is 0.225 e. The molecular weight excluding hydrogens is 374 g/mol. The van der Waals surface area contributed by atoms with Crippen molar-refractivity contribution >= 4 is 17.5 Å². The van der Waals surface area contributed by atoms with Crippen LogP contribution in [0.4, 0.5) is 5.95 Å². The fraction of sp³-hybridized carbons (Fsp3) is 0.273. The van der Waals surface area contributed by atoms with Gasteiger partial charge in [-0.15, -0.1) is 0 Å². The predicted molar refractivity (Wildman–Crippen MR) is 110 cm³/mol. The van der Waals surface area contributed by atoms with Crippen molar-refractivity contribution in [2.24, 2.45) is 5.92 Å². The second-order valence-electron chi connectivity index (χ2n) is 7.10. The van der Waals surface area contributed by atoms with E-state index in [-0.39, 0.29) is 11.7 Å². The van der Waals surface area contributed by atoms with Gasteiger partial charge in [0.2, 0.25) is 5.95 Å². The second kappa shape index (κ2) is 8.17. The Hall–Kier alpha value is -2.63. The fourth-order valence-electron chi connectivity index (χ4n) is 3.77. The van der Waals surface area contributed by atoms with Gasteiger partial charge < -0.3 is 15.1 Å². The molecule has 2 heterocycles. The molecule has 0 saturated carbocycles. The molecule has 1 atom stereocenters. The second-order valence-corrected chi connectivity index (χ2v) is 7.54. The van der Waals surface area contributed by atoms with E-state index >= 15 is 0 Å². The van der Waals surface area contributed by atoms with Crippen LogP contribution in [0, 0.1) is 5.92 Å². The number of aromatic nitrogens is 2. The van der Waals surface area contributed by atoms with Crippen LogP contribution in [0.25, 0.3) is 11.1 Å². The molecule has 2 aromatic carbocycles. The number of phenols is 1. The number of aliphatic hydroxyl groups is 1. The van der Waals surface area contributed by atoms with E-state index in [1.807, 2.05) is 36.4 Å². The number of aliphatic hydroxyl groups excluding tert-OH is 1. The van der Waals surface area contributed by atoms with E-state index in [2.05, 4.69) is 14.9 Å². The first-order valence-electron chi connectivity index (χ1n) is 9.41. The van der Waals surface area contributed by atoms with E-state index in [1.165, 1.54) is 0 Å². The molecule has 4 rings (SSSR count). The van der Waals surface area contributed by atoms with Gasteiger partial charge >= 0.3 is 0 Å². The largest absolute Gasteiger partial charge is 0.508 e. The van der Waals surface area contributed by atoms with Gasteiger partial charge in [0.1, 0.15) is 5.75 Å². The normalized spacial score (nSPS) is 16.1. The summed E-state index contributed by atoms with van der Waals surface area (Å²) in [4.78, 5) is 10.7. The molecule has 1 aliphatic rings. The summed E-state index contributed by atoms with van der Waals surface area (Å²) >= 11 is 6.06. The minimum absolute atomic E-state index is 0.0860. The van der Waals surface area contributed by atoms with Gasteiger partial charge in [0.25, 0.3) is 0 Å². The fourth-order valence-corrected chi connectivity index (χ4v) is 3.96. The lowest BCUT2D eigenvalue weighted by molar-refractivity contribution is 0.0904. The monoisotopic (exact) mass is 395 g/mol. The molecule has 1 aromatic heterocycles. The van der Waals surface area contributed by atoms with E-state index in [1.54, 1.807) is 24.5 Å². The number of phenolic OH excluding ortho intramolecular Hbond substituents is 1. The van der Waals surface area contributed by atoms with Crippen LogP contribution in [0.15, 0.2) is 60.9 Å². The SMILES string of the molecule is Oc1cc(-c2cccc(Cl)c2)ccc1C(O)C1CCN(c2ncccn2)CC1. The van der Waals surface area contributed by atoms with Gasteiger partial charge in [-0.1, -0.05) is 35.9 Å². The summed E-state index contributed by atoms with van der Waals surface area (Å²) in [5.74, 6) is 0.922. The quantitative estimate of drug-likeness (QED) is 0.682. The highest BCUT2D eigenvalue weighted by Gasteiger charge is 2.28. The number of rotatable bonds is 4. The highest BCUT2D eigenvalue weighted by atomic mass is 35.5.